The molecule has 132 valence electrons. The summed E-state index contributed by atoms with van der Waals surface area (Å²) in [5.74, 6) is 0.805. The number of hydrogen-bond acceptors (Lipinski definition) is 3. The zero-order valence-electron chi connectivity index (χ0n) is 13.8. The van der Waals surface area contributed by atoms with E-state index in [0.717, 1.165) is 30.0 Å². The fraction of sp³-hybridized carbons (Fsp3) is 0.222. The molecule has 0 aliphatic heterocycles. The van der Waals surface area contributed by atoms with Gasteiger partial charge in [-0.3, -0.25) is 0 Å². The molecule has 2 aromatic rings. The Morgan fingerprint density at radius 3 is 2.80 bits per heavy atom. The van der Waals surface area contributed by atoms with Crippen molar-refractivity contribution in [2.24, 2.45) is 4.99 Å². The zero-order chi connectivity index (χ0) is 18.1. The van der Waals surface area contributed by atoms with Gasteiger partial charge in [-0.05, 0) is 49.0 Å². The number of rotatable bonds is 7. The lowest BCUT2D eigenvalue weighted by Gasteiger charge is -2.08. The predicted molar refractivity (Wildman–Crippen MR) is 111 cm³/mol. The number of halogens is 2. The maximum atomic E-state index is 5.97. The van der Waals surface area contributed by atoms with Gasteiger partial charge in [0.25, 0.3) is 0 Å². The van der Waals surface area contributed by atoms with Crippen LogP contribution in [0.25, 0.3) is 0 Å². The molecule has 0 unspecified atom stereocenters. The molecular formula is C18H19Cl2N3OS. The van der Waals surface area contributed by atoms with Crippen LogP contribution in [0.4, 0.5) is 11.4 Å². The molecular weight excluding hydrogens is 377 g/mol. The molecule has 0 saturated carbocycles. The second-order valence-corrected chi connectivity index (χ2v) is 6.41. The first-order valence-corrected chi connectivity index (χ1v) is 9.03. The van der Waals surface area contributed by atoms with Gasteiger partial charge in [0.05, 0.1) is 28.7 Å². The average molecular weight is 396 g/mol. The maximum absolute atomic E-state index is 5.97. The highest BCUT2D eigenvalue weighted by Crippen LogP contribution is 2.25. The van der Waals surface area contributed by atoms with Crippen LogP contribution in [0.15, 0.2) is 47.5 Å². The van der Waals surface area contributed by atoms with Crippen molar-refractivity contribution in [3.63, 3.8) is 0 Å². The van der Waals surface area contributed by atoms with E-state index < -0.39 is 0 Å². The first-order valence-electron chi connectivity index (χ1n) is 7.86. The molecule has 0 saturated heterocycles. The topological polar surface area (TPSA) is 45.6 Å². The van der Waals surface area contributed by atoms with Crippen LogP contribution in [0.1, 0.15) is 19.8 Å². The van der Waals surface area contributed by atoms with Crippen molar-refractivity contribution in [3.05, 3.63) is 52.5 Å². The molecule has 4 nitrogen and oxygen atoms in total. The number of thiocarbonyl (C=S) groups is 1. The molecule has 0 amide bonds. The molecule has 0 atom stereocenters. The summed E-state index contributed by atoms with van der Waals surface area (Å²) in [6, 6.07) is 12.8. The summed E-state index contributed by atoms with van der Waals surface area (Å²) >= 11 is 17.1. The summed E-state index contributed by atoms with van der Waals surface area (Å²) in [4.78, 5) is 4.32. The third-order valence-corrected chi connectivity index (χ3v) is 4.13. The molecule has 2 rings (SSSR count). The second-order valence-electron chi connectivity index (χ2n) is 5.18. The van der Waals surface area contributed by atoms with Crippen LogP contribution in [0.3, 0.4) is 0 Å². The summed E-state index contributed by atoms with van der Waals surface area (Å²) in [6.45, 7) is 2.84. The van der Waals surface area contributed by atoms with E-state index >= 15 is 0 Å². The predicted octanol–water partition coefficient (Wildman–Crippen LogP) is 5.82. The van der Waals surface area contributed by atoms with Crippen LogP contribution in [0.5, 0.6) is 5.75 Å². The summed E-state index contributed by atoms with van der Waals surface area (Å²) in [7, 11) is 0. The van der Waals surface area contributed by atoms with Gasteiger partial charge in [0, 0.05) is 11.8 Å². The minimum Gasteiger partial charge on any atom is -0.494 e. The molecule has 0 bridgehead atoms. The standard InChI is InChI=1S/C18H19Cl2N3OS/c1-2-3-9-24-15-6-4-5-13(10-15)21-12-22-18(25)23-14-7-8-16(19)17(20)11-14/h4-8,10-12H,2-3,9H2,1H3,(H2,21,22,23,25). The summed E-state index contributed by atoms with van der Waals surface area (Å²) < 4.78 is 5.66. The van der Waals surface area contributed by atoms with Gasteiger partial charge in [-0.15, -0.1) is 0 Å². The van der Waals surface area contributed by atoms with Crippen molar-refractivity contribution < 1.29 is 4.74 Å². The second kappa shape index (κ2) is 10.2. The molecule has 0 radical (unpaired) electrons. The minimum absolute atomic E-state index is 0.400. The Morgan fingerprint density at radius 2 is 2.04 bits per heavy atom. The number of anilines is 1. The molecule has 0 heterocycles. The number of hydrogen-bond donors (Lipinski definition) is 2. The highest BCUT2D eigenvalue weighted by atomic mass is 35.5. The van der Waals surface area contributed by atoms with Gasteiger partial charge < -0.3 is 15.4 Å². The molecule has 0 spiro atoms. The lowest BCUT2D eigenvalue weighted by molar-refractivity contribution is 0.309. The van der Waals surface area contributed by atoms with Gasteiger partial charge in [-0.2, -0.15) is 0 Å². The van der Waals surface area contributed by atoms with Crippen molar-refractivity contribution in [2.45, 2.75) is 19.8 Å². The summed E-state index contributed by atoms with van der Waals surface area (Å²) in [5, 5.41) is 7.26. The van der Waals surface area contributed by atoms with E-state index in [1.54, 1.807) is 18.2 Å². The van der Waals surface area contributed by atoms with E-state index in [9.17, 15) is 0 Å². The van der Waals surface area contributed by atoms with Crippen molar-refractivity contribution in [1.82, 2.24) is 5.32 Å². The fourth-order valence-corrected chi connectivity index (χ4v) is 2.36. The Labute approximate surface area is 163 Å². The van der Waals surface area contributed by atoms with Crippen LogP contribution in [0, 0.1) is 0 Å². The number of aliphatic imine (C=N–C) groups is 1. The molecule has 7 heteroatoms. The van der Waals surface area contributed by atoms with Gasteiger partial charge in [0.15, 0.2) is 5.11 Å². The van der Waals surface area contributed by atoms with E-state index in [1.807, 2.05) is 24.3 Å². The number of nitrogens with zero attached hydrogens (tertiary/aromatic N) is 1. The zero-order valence-corrected chi connectivity index (χ0v) is 16.1. The Bertz CT molecular complexity index is 753. The van der Waals surface area contributed by atoms with E-state index in [0.29, 0.717) is 21.8 Å². The average Bonchev–Trinajstić information content (AvgIpc) is 2.59. The number of unbranched alkanes of at least 4 members (excludes halogenated alkanes) is 1. The van der Waals surface area contributed by atoms with E-state index in [4.69, 9.17) is 40.2 Å². The van der Waals surface area contributed by atoms with Crippen LogP contribution in [-0.4, -0.2) is 18.1 Å². The van der Waals surface area contributed by atoms with Crippen LogP contribution in [-0.2, 0) is 0 Å². The number of benzene rings is 2. The molecule has 0 fully saturated rings. The SMILES string of the molecule is CCCCOc1cccc(N=CNC(=S)Nc2ccc(Cl)c(Cl)c2)c1. The van der Waals surface area contributed by atoms with Gasteiger partial charge in [-0.1, -0.05) is 42.6 Å². The lowest BCUT2D eigenvalue weighted by Crippen LogP contribution is -2.26. The third kappa shape index (κ3) is 6.90. The van der Waals surface area contributed by atoms with E-state index in [-0.39, 0.29) is 0 Å². The quantitative estimate of drug-likeness (QED) is 0.268. The Kier molecular flexibility index (Phi) is 7.98. The monoisotopic (exact) mass is 395 g/mol. The first kappa shape index (κ1) is 19.5. The fourth-order valence-electron chi connectivity index (χ4n) is 1.89. The highest BCUT2D eigenvalue weighted by Gasteiger charge is 2.01. The van der Waals surface area contributed by atoms with Gasteiger partial charge >= 0.3 is 0 Å². The summed E-state index contributed by atoms with van der Waals surface area (Å²) in [5.41, 5.74) is 1.52. The molecule has 2 aromatic carbocycles. The molecule has 0 aromatic heterocycles. The normalized spacial score (nSPS) is 10.7. The lowest BCUT2D eigenvalue weighted by atomic mass is 10.3. The molecule has 2 N–H and O–H groups in total. The largest absolute Gasteiger partial charge is 0.494 e. The van der Waals surface area contributed by atoms with Crippen LogP contribution >= 0.6 is 35.4 Å². The van der Waals surface area contributed by atoms with Gasteiger partial charge in [0.1, 0.15) is 5.75 Å². The van der Waals surface area contributed by atoms with Crippen molar-refractivity contribution in [2.75, 3.05) is 11.9 Å². The van der Waals surface area contributed by atoms with E-state index in [1.165, 1.54) is 6.34 Å². The molecule has 25 heavy (non-hydrogen) atoms. The van der Waals surface area contributed by atoms with Gasteiger partial charge in [0.2, 0.25) is 0 Å². The Hall–Kier alpha value is -1.82. The van der Waals surface area contributed by atoms with Crippen LogP contribution in [0.2, 0.25) is 10.0 Å². The smallest absolute Gasteiger partial charge is 0.175 e. The van der Waals surface area contributed by atoms with Crippen molar-refractivity contribution in [1.29, 1.82) is 0 Å². The Balaban J connectivity index is 1.86. The molecule has 0 aliphatic carbocycles. The third-order valence-electron chi connectivity index (χ3n) is 3.17. The summed E-state index contributed by atoms with van der Waals surface area (Å²) in [6.07, 6.45) is 3.66. The first-order chi connectivity index (χ1) is 12.1. The number of nitrogens with one attached hydrogen (secondary N) is 2. The number of ether oxygens (including phenoxy) is 1. The molecule has 0 aliphatic rings. The van der Waals surface area contributed by atoms with E-state index in [2.05, 4.69) is 22.5 Å². The van der Waals surface area contributed by atoms with Crippen molar-refractivity contribution in [3.8, 4) is 5.75 Å². The van der Waals surface area contributed by atoms with Gasteiger partial charge in [-0.25, -0.2) is 4.99 Å². The highest BCUT2D eigenvalue weighted by molar-refractivity contribution is 7.80. The maximum Gasteiger partial charge on any atom is 0.175 e. The van der Waals surface area contributed by atoms with Crippen molar-refractivity contribution >= 4 is 58.2 Å². The van der Waals surface area contributed by atoms with Crippen LogP contribution < -0.4 is 15.4 Å². The Morgan fingerprint density at radius 1 is 1.20 bits per heavy atom. The minimum atomic E-state index is 0.400.